The molecule has 156 valence electrons. The Morgan fingerprint density at radius 2 is 1.30 bits per heavy atom. The van der Waals surface area contributed by atoms with Crippen molar-refractivity contribution in [3.63, 3.8) is 0 Å². The van der Waals surface area contributed by atoms with Gasteiger partial charge in [0.1, 0.15) is 0 Å². The molecule has 1 N–H and O–H groups in total. The summed E-state index contributed by atoms with van der Waals surface area (Å²) in [6.07, 6.45) is 2.16. The maximum atomic E-state index is 4.56. The van der Waals surface area contributed by atoms with Gasteiger partial charge in [0.25, 0.3) is 0 Å². The van der Waals surface area contributed by atoms with Gasteiger partial charge in [0, 0.05) is 29.7 Å². The third kappa shape index (κ3) is 4.54. The van der Waals surface area contributed by atoms with Crippen molar-refractivity contribution in [2.75, 3.05) is 11.9 Å². The average molecular weight is 401 g/mol. The van der Waals surface area contributed by atoms with E-state index >= 15 is 0 Å². The third-order valence-corrected chi connectivity index (χ3v) is 6.02. The molecule has 3 aromatic rings. The number of hydrogen-bond acceptors (Lipinski definition) is 4. The molecule has 0 unspecified atom stereocenters. The number of rotatable bonds is 4. The fourth-order valence-electron chi connectivity index (χ4n) is 4.86. The lowest BCUT2D eigenvalue weighted by molar-refractivity contribution is 0.160. The molecule has 2 heterocycles. The maximum Gasteiger partial charge on any atom is 0.151 e. The number of aromatic nitrogens is 2. The highest BCUT2D eigenvalue weighted by molar-refractivity contribution is 5.68. The molecule has 30 heavy (non-hydrogen) atoms. The minimum Gasteiger partial charge on any atom is -0.355 e. The van der Waals surface area contributed by atoms with Gasteiger partial charge in [-0.2, -0.15) is 0 Å². The van der Waals surface area contributed by atoms with Crippen LogP contribution < -0.4 is 10.2 Å². The SMILES string of the molecule is CN(c1ccc(-c2ccc(-c3ccccc3)cc2)nn1)C1CC(C)(C)NC(C)(C)C1. The van der Waals surface area contributed by atoms with Crippen molar-refractivity contribution in [1.82, 2.24) is 15.5 Å². The first kappa shape index (κ1) is 20.5. The van der Waals surface area contributed by atoms with E-state index in [0.717, 1.165) is 29.9 Å². The minimum atomic E-state index is 0.106. The number of hydrogen-bond donors (Lipinski definition) is 1. The Balaban J connectivity index is 1.50. The molecule has 0 aliphatic carbocycles. The average Bonchev–Trinajstić information content (AvgIpc) is 2.72. The monoisotopic (exact) mass is 400 g/mol. The van der Waals surface area contributed by atoms with E-state index in [2.05, 4.69) is 116 Å². The predicted molar refractivity (Wildman–Crippen MR) is 126 cm³/mol. The predicted octanol–water partition coefficient (Wildman–Crippen LogP) is 5.56. The molecule has 0 spiro atoms. The zero-order chi connectivity index (χ0) is 21.4. The molecule has 0 saturated carbocycles. The number of anilines is 1. The van der Waals surface area contributed by atoms with Crippen molar-refractivity contribution in [1.29, 1.82) is 0 Å². The van der Waals surface area contributed by atoms with Crippen molar-refractivity contribution in [2.45, 2.75) is 57.7 Å². The van der Waals surface area contributed by atoms with E-state index in [-0.39, 0.29) is 11.1 Å². The Morgan fingerprint density at radius 3 is 1.87 bits per heavy atom. The van der Waals surface area contributed by atoms with E-state index in [4.69, 9.17) is 0 Å². The van der Waals surface area contributed by atoms with Crippen LogP contribution in [-0.2, 0) is 0 Å². The zero-order valence-electron chi connectivity index (χ0n) is 18.7. The fourth-order valence-corrected chi connectivity index (χ4v) is 4.86. The molecular weight excluding hydrogens is 368 g/mol. The number of nitrogens with one attached hydrogen (secondary N) is 1. The molecule has 1 aliphatic rings. The molecule has 0 amide bonds. The van der Waals surface area contributed by atoms with Crippen LogP contribution in [0.4, 0.5) is 5.82 Å². The first-order valence-electron chi connectivity index (χ1n) is 10.7. The van der Waals surface area contributed by atoms with Crippen LogP contribution in [0.15, 0.2) is 66.7 Å². The quantitative estimate of drug-likeness (QED) is 0.623. The van der Waals surface area contributed by atoms with E-state index in [1.807, 2.05) is 6.07 Å². The van der Waals surface area contributed by atoms with Gasteiger partial charge in [-0.1, -0.05) is 54.6 Å². The third-order valence-electron chi connectivity index (χ3n) is 6.02. The molecule has 1 fully saturated rings. The minimum absolute atomic E-state index is 0.106. The van der Waals surface area contributed by atoms with Crippen LogP contribution in [0.3, 0.4) is 0 Å². The number of nitrogens with zero attached hydrogens (tertiary/aromatic N) is 3. The summed E-state index contributed by atoms with van der Waals surface area (Å²) in [5.74, 6) is 0.929. The summed E-state index contributed by atoms with van der Waals surface area (Å²) in [7, 11) is 2.14. The topological polar surface area (TPSA) is 41.1 Å². The van der Waals surface area contributed by atoms with Crippen LogP contribution in [0.5, 0.6) is 0 Å². The van der Waals surface area contributed by atoms with Crippen molar-refractivity contribution >= 4 is 5.82 Å². The van der Waals surface area contributed by atoms with Crippen LogP contribution in [0.2, 0.25) is 0 Å². The Labute approximate surface area is 180 Å². The highest BCUT2D eigenvalue weighted by Gasteiger charge is 2.39. The molecule has 2 aromatic carbocycles. The normalized spacial score (nSPS) is 18.2. The molecule has 4 nitrogen and oxygen atoms in total. The molecule has 0 bridgehead atoms. The van der Waals surface area contributed by atoms with Gasteiger partial charge in [0.05, 0.1) is 5.69 Å². The van der Waals surface area contributed by atoms with E-state index < -0.39 is 0 Å². The van der Waals surface area contributed by atoms with Gasteiger partial charge in [-0.3, -0.25) is 0 Å². The molecule has 4 heteroatoms. The largest absolute Gasteiger partial charge is 0.355 e. The van der Waals surface area contributed by atoms with Gasteiger partial charge in [-0.15, -0.1) is 10.2 Å². The van der Waals surface area contributed by atoms with E-state index in [0.29, 0.717) is 6.04 Å². The van der Waals surface area contributed by atoms with Gasteiger partial charge in [0.15, 0.2) is 5.82 Å². The van der Waals surface area contributed by atoms with Crippen LogP contribution in [0, 0.1) is 0 Å². The molecule has 1 aliphatic heterocycles. The summed E-state index contributed by atoms with van der Waals surface area (Å²) < 4.78 is 0. The van der Waals surface area contributed by atoms with Crippen molar-refractivity contribution < 1.29 is 0 Å². The second-order valence-corrected chi connectivity index (χ2v) is 9.79. The number of piperidine rings is 1. The highest BCUT2D eigenvalue weighted by Crippen LogP contribution is 2.33. The zero-order valence-corrected chi connectivity index (χ0v) is 18.7. The van der Waals surface area contributed by atoms with Crippen LogP contribution in [0.1, 0.15) is 40.5 Å². The lowest BCUT2D eigenvalue weighted by Gasteiger charge is -2.49. The fraction of sp³-hybridized carbons (Fsp3) is 0.385. The Kier molecular flexibility index (Phi) is 5.37. The van der Waals surface area contributed by atoms with Crippen LogP contribution >= 0.6 is 0 Å². The molecule has 1 saturated heterocycles. The van der Waals surface area contributed by atoms with Crippen molar-refractivity contribution in [3.05, 3.63) is 66.7 Å². The van der Waals surface area contributed by atoms with Gasteiger partial charge >= 0.3 is 0 Å². The molecule has 0 atom stereocenters. The van der Waals surface area contributed by atoms with Crippen molar-refractivity contribution in [2.24, 2.45) is 0 Å². The van der Waals surface area contributed by atoms with Crippen molar-refractivity contribution in [3.8, 4) is 22.4 Å². The molecule has 1 aromatic heterocycles. The summed E-state index contributed by atoms with van der Waals surface area (Å²) in [5.41, 5.74) is 4.63. The van der Waals surface area contributed by atoms with E-state index in [1.54, 1.807) is 0 Å². The lowest BCUT2D eigenvalue weighted by Crippen LogP contribution is -2.62. The Bertz CT molecular complexity index is 960. The van der Waals surface area contributed by atoms with Gasteiger partial charge in [0.2, 0.25) is 0 Å². The summed E-state index contributed by atoms with van der Waals surface area (Å²) in [6.45, 7) is 9.12. The summed E-state index contributed by atoms with van der Waals surface area (Å²) in [5, 5.41) is 12.8. The second-order valence-electron chi connectivity index (χ2n) is 9.79. The standard InChI is InChI=1S/C26H32N4/c1-25(2)17-22(18-26(3,4)29-25)30(5)24-16-15-23(27-28-24)21-13-11-20(12-14-21)19-9-7-6-8-10-19/h6-16,22,29H,17-18H2,1-5H3. The summed E-state index contributed by atoms with van der Waals surface area (Å²) >= 11 is 0. The summed E-state index contributed by atoms with van der Waals surface area (Å²) in [6, 6.07) is 23.6. The van der Waals surface area contributed by atoms with E-state index in [1.165, 1.54) is 11.1 Å². The van der Waals surface area contributed by atoms with Gasteiger partial charge in [-0.05, 0) is 63.8 Å². The molecular formula is C26H32N4. The second kappa shape index (κ2) is 7.84. The maximum absolute atomic E-state index is 4.56. The summed E-state index contributed by atoms with van der Waals surface area (Å²) in [4.78, 5) is 2.29. The lowest BCUT2D eigenvalue weighted by atomic mass is 9.79. The molecule has 4 rings (SSSR count). The first-order chi connectivity index (χ1) is 14.2. The Hall–Kier alpha value is -2.72. The number of benzene rings is 2. The smallest absolute Gasteiger partial charge is 0.151 e. The highest BCUT2D eigenvalue weighted by atomic mass is 15.3. The first-order valence-corrected chi connectivity index (χ1v) is 10.7. The van der Waals surface area contributed by atoms with Gasteiger partial charge < -0.3 is 10.2 Å². The van der Waals surface area contributed by atoms with E-state index in [9.17, 15) is 0 Å². The van der Waals surface area contributed by atoms with Gasteiger partial charge in [-0.25, -0.2) is 0 Å². The Morgan fingerprint density at radius 1 is 0.733 bits per heavy atom. The van der Waals surface area contributed by atoms with Crippen LogP contribution in [0.25, 0.3) is 22.4 Å². The molecule has 0 radical (unpaired) electrons. The van der Waals surface area contributed by atoms with Crippen LogP contribution in [-0.4, -0.2) is 34.4 Å².